The van der Waals surface area contributed by atoms with Gasteiger partial charge in [0.25, 0.3) is 5.91 Å². The molecule has 0 spiro atoms. The Bertz CT molecular complexity index is 1010. The molecule has 2 heterocycles. The quantitative estimate of drug-likeness (QED) is 0.632. The van der Waals surface area contributed by atoms with Crippen LogP contribution in [0.25, 0.3) is 0 Å². The Labute approximate surface area is 203 Å². The standard InChI is InChI=1S/C28H37N3O3/c1-20(2)10-9-13-24-14-25-27(29-15-24)34-26(18-30(5)17-23-11-7-6-8-12-23)21(3)16-31(28(25)33)22(4)19-32/h6-8,11-12,14-15,20-22,26,32H,10,16-19H2,1-5H3/t21-,22+,26+/m0/s1. The fraction of sp³-hybridized carbons (Fsp3) is 0.500. The molecule has 0 unspecified atom stereocenters. The largest absolute Gasteiger partial charge is 0.472 e. The number of fused-ring (bicyclic) bond motifs is 1. The van der Waals surface area contributed by atoms with E-state index < -0.39 is 0 Å². The smallest absolute Gasteiger partial charge is 0.259 e. The van der Waals surface area contributed by atoms with E-state index in [0.717, 1.165) is 13.0 Å². The summed E-state index contributed by atoms with van der Waals surface area (Å²) in [5.74, 6) is 6.96. The normalized spacial score (nSPS) is 19.1. The number of likely N-dealkylation sites (N-methyl/N-ethyl adjacent to an activating group) is 1. The van der Waals surface area contributed by atoms with Crippen molar-refractivity contribution < 1.29 is 14.6 Å². The predicted molar refractivity (Wildman–Crippen MR) is 135 cm³/mol. The summed E-state index contributed by atoms with van der Waals surface area (Å²) in [5, 5.41) is 9.83. The van der Waals surface area contributed by atoms with Crippen molar-refractivity contribution in [3.63, 3.8) is 0 Å². The van der Waals surface area contributed by atoms with Crippen LogP contribution < -0.4 is 4.74 Å². The van der Waals surface area contributed by atoms with Gasteiger partial charge in [-0.15, -0.1) is 0 Å². The van der Waals surface area contributed by atoms with Crippen LogP contribution >= 0.6 is 0 Å². The van der Waals surface area contributed by atoms with E-state index in [1.54, 1.807) is 17.2 Å². The summed E-state index contributed by atoms with van der Waals surface area (Å²) in [4.78, 5) is 22.0. The van der Waals surface area contributed by atoms with E-state index in [9.17, 15) is 9.90 Å². The molecule has 2 aromatic rings. The van der Waals surface area contributed by atoms with Gasteiger partial charge >= 0.3 is 0 Å². The fourth-order valence-corrected chi connectivity index (χ4v) is 4.01. The average Bonchev–Trinajstić information content (AvgIpc) is 2.81. The molecule has 6 nitrogen and oxygen atoms in total. The number of ether oxygens (including phenoxy) is 1. The predicted octanol–water partition coefficient (Wildman–Crippen LogP) is 3.83. The van der Waals surface area contributed by atoms with E-state index in [0.29, 0.717) is 36.0 Å². The summed E-state index contributed by atoms with van der Waals surface area (Å²) in [7, 11) is 2.07. The van der Waals surface area contributed by atoms with Crippen LogP contribution in [0.2, 0.25) is 0 Å². The van der Waals surface area contributed by atoms with Crippen LogP contribution in [-0.2, 0) is 6.54 Å². The van der Waals surface area contributed by atoms with Gasteiger partial charge in [0.05, 0.1) is 12.6 Å². The highest BCUT2D eigenvalue weighted by atomic mass is 16.5. The van der Waals surface area contributed by atoms with Crippen LogP contribution in [-0.4, -0.2) is 64.7 Å². The van der Waals surface area contributed by atoms with E-state index in [1.807, 2.05) is 25.1 Å². The maximum Gasteiger partial charge on any atom is 0.259 e. The number of benzene rings is 1. The molecule has 1 aromatic heterocycles. The molecule has 0 fully saturated rings. The van der Waals surface area contributed by atoms with Crippen molar-refractivity contribution in [3.8, 4) is 17.7 Å². The topological polar surface area (TPSA) is 65.9 Å². The van der Waals surface area contributed by atoms with Gasteiger partial charge in [-0.1, -0.05) is 62.9 Å². The molecule has 0 saturated heterocycles. The SMILES string of the molecule is CC(C)CC#Cc1cnc2c(c1)C(=O)N([C@H](C)CO)C[C@H](C)[C@@H](CN(C)Cc1ccccc1)O2. The summed E-state index contributed by atoms with van der Waals surface area (Å²) in [5.41, 5.74) is 2.33. The number of nitrogens with zero attached hydrogens (tertiary/aromatic N) is 3. The maximum absolute atomic E-state index is 13.5. The third-order valence-electron chi connectivity index (χ3n) is 6.05. The Morgan fingerprint density at radius 3 is 2.68 bits per heavy atom. The van der Waals surface area contributed by atoms with Gasteiger partial charge in [0, 0.05) is 43.7 Å². The number of carbonyl (C=O) groups excluding carboxylic acids is 1. The molecule has 3 rings (SSSR count). The molecule has 0 aliphatic carbocycles. The van der Waals surface area contributed by atoms with Gasteiger partial charge in [-0.3, -0.25) is 9.69 Å². The molecule has 1 aromatic carbocycles. The van der Waals surface area contributed by atoms with Crippen LogP contribution in [0.15, 0.2) is 42.6 Å². The first-order chi connectivity index (χ1) is 16.3. The van der Waals surface area contributed by atoms with Crippen LogP contribution in [0.3, 0.4) is 0 Å². The Morgan fingerprint density at radius 2 is 2.00 bits per heavy atom. The molecule has 34 heavy (non-hydrogen) atoms. The van der Waals surface area contributed by atoms with Gasteiger partial charge < -0.3 is 14.7 Å². The van der Waals surface area contributed by atoms with Crippen molar-refractivity contribution in [1.29, 1.82) is 0 Å². The number of rotatable bonds is 7. The second-order valence-corrected chi connectivity index (χ2v) is 9.78. The monoisotopic (exact) mass is 463 g/mol. The Kier molecular flexibility index (Phi) is 9.09. The molecule has 1 aliphatic rings. The number of aromatic nitrogens is 1. The van der Waals surface area contributed by atoms with E-state index in [2.05, 4.69) is 61.7 Å². The molecule has 1 N–H and O–H groups in total. The molecule has 0 radical (unpaired) electrons. The van der Waals surface area contributed by atoms with E-state index >= 15 is 0 Å². The van der Waals surface area contributed by atoms with Crippen molar-refractivity contribution in [2.75, 3.05) is 26.7 Å². The molecular weight excluding hydrogens is 426 g/mol. The van der Waals surface area contributed by atoms with E-state index in [-0.39, 0.29) is 30.6 Å². The summed E-state index contributed by atoms with van der Waals surface area (Å²) < 4.78 is 6.38. The van der Waals surface area contributed by atoms with Gasteiger partial charge in [0.2, 0.25) is 5.88 Å². The zero-order chi connectivity index (χ0) is 24.7. The third kappa shape index (κ3) is 6.82. The van der Waals surface area contributed by atoms with Gasteiger partial charge in [0.1, 0.15) is 11.7 Å². The Balaban J connectivity index is 1.89. The highest BCUT2D eigenvalue weighted by molar-refractivity contribution is 5.97. The fourth-order valence-electron chi connectivity index (χ4n) is 4.01. The van der Waals surface area contributed by atoms with E-state index in [4.69, 9.17) is 4.74 Å². The minimum Gasteiger partial charge on any atom is -0.472 e. The van der Waals surface area contributed by atoms with Crippen molar-refractivity contribution >= 4 is 5.91 Å². The zero-order valence-electron chi connectivity index (χ0n) is 21.0. The lowest BCUT2D eigenvalue weighted by Gasteiger charge is -2.37. The minimum atomic E-state index is -0.306. The van der Waals surface area contributed by atoms with Crippen molar-refractivity contribution in [3.05, 3.63) is 59.3 Å². The first kappa shape index (κ1) is 25.7. The summed E-state index contributed by atoms with van der Waals surface area (Å²) >= 11 is 0. The molecule has 1 aliphatic heterocycles. The number of aliphatic hydroxyl groups is 1. The van der Waals surface area contributed by atoms with Gasteiger partial charge in [-0.2, -0.15) is 0 Å². The molecular formula is C28H37N3O3. The van der Waals surface area contributed by atoms with Crippen LogP contribution in [0, 0.1) is 23.7 Å². The summed E-state index contributed by atoms with van der Waals surface area (Å²) in [6, 6.07) is 11.8. The second kappa shape index (κ2) is 12.0. The molecule has 0 bridgehead atoms. The van der Waals surface area contributed by atoms with Crippen LogP contribution in [0.4, 0.5) is 0 Å². The van der Waals surface area contributed by atoms with Crippen LogP contribution in [0.5, 0.6) is 5.88 Å². The minimum absolute atomic E-state index is 0.0524. The van der Waals surface area contributed by atoms with Crippen molar-refractivity contribution in [2.45, 2.75) is 52.8 Å². The number of hydrogen-bond acceptors (Lipinski definition) is 5. The Morgan fingerprint density at radius 1 is 1.26 bits per heavy atom. The van der Waals surface area contributed by atoms with Gasteiger partial charge in [0.15, 0.2) is 0 Å². The first-order valence-corrected chi connectivity index (χ1v) is 12.1. The van der Waals surface area contributed by atoms with E-state index in [1.165, 1.54) is 5.56 Å². The highest BCUT2D eigenvalue weighted by Gasteiger charge is 2.34. The lowest BCUT2D eigenvalue weighted by molar-refractivity contribution is 0.0325. The lowest BCUT2D eigenvalue weighted by Crippen LogP contribution is -2.49. The van der Waals surface area contributed by atoms with Gasteiger partial charge in [-0.25, -0.2) is 4.98 Å². The average molecular weight is 464 g/mol. The number of aliphatic hydroxyl groups excluding tert-OH is 1. The number of hydrogen-bond donors (Lipinski definition) is 1. The number of pyridine rings is 1. The molecule has 3 atom stereocenters. The lowest BCUT2D eigenvalue weighted by atomic mass is 9.99. The molecule has 182 valence electrons. The molecule has 0 saturated carbocycles. The van der Waals surface area contributed by atoms with Crippen molar-refractivity contribution in [2.24, 2.45) is 11.8 Å². The third-order valence-corrected chi connectivity index (χ3v) is 6.05. The highest BCUT2D eigenvalue weighted by Crippen LogP contribution is 2.27. The second-order valence-electron chi connectivity index (χ2n) is 9.78. The summed E-state index contributed by atoms with van der Waals surface area (Å²) in [6.45, 7) is 10.1. The Hall–Kier alpha value is -2.88. The maximum atomic E-state index is 13.5. The number of amides is 1. The molecule has 6 heteroatoms. The first-order valence-electron chi connectivity index (χ1n) is 12.1. The molecule has 1 amide bonds. The van der Waals surface area contributed by atoms with Crippen molar-refractivity contribution in [1.82, 2.24) is 14.8 Å². The zero-order valence-corrected chi connectivity index (χ0v) is 21.0. The number of carbonyl (C=O) groups is 1. The summed E-state index contributed by atoms with van der Waals surface area (Å²) in [6.07, 6.45) is 2.29. The van der Waals surface area contributed by atoms with Crippen LogP contribution in [0.1, 0.15) is 55.6 Å². The van der Waals surface area contributed by atoms with Gasteiger partial charge in [-0.05, 0) is 31.5 Å².